The number of hydrogen-bond donors (Lipinski definition) is 1. The Balaban J connectivity index is 1.67. The minimum absolute atomic E-state index is 0.240. The van der Waals surface area contributed by atoms with Crippen molar-refractivity contribution >= 4 is 68.2 Å². The van der Waals surface area contributed by atoms with Crippen LogP contribution in [0.5, 0.6) is 5.75 Å². The number of halogens is 2. The molecule has 0 aliphatic rings. The molecule has 0 saturated carbocycles. The highest BCUT2D eigenvalue weighted by atomic mass is 127. The number of rotatable bonds is 3. The lowest BCUT2D eigenvalue weighted by atomic mass is 10.1. The van der Waals surface area contributed by atoms with Gasteiger partial charge < -0.3 is 9.52 Å². The second kappa shape index (κ2) is 7.59. The first kappa shape index (κ1) is 18.4. The number of aromatic nitrogens is 1. The highest BCUT2D eigenvalue weighted by Crippen LogP contribution is 2.29. The van der Waals surface area contributed by atoms with Crippen LogP contribution in [-0.2, 0) is 0 Å². The number of hydrogen-bond acceptors (Lipinski definition) is 4. The maximum Gasteiger partial charge on any atom is 0.227 e. The Morgan fingerprint density at radius 1 is 1.04 bits per heavy atom. The molecule has 0 fully saturated rings. The van der Waals surface area contributed by atoms with Crippen LogP contribution in [0.3, 0.4) is 0 Å². The average molecular weight is 580 g/mol. The van der Waals surface area contributed by atoms with Gasteiger partial charge in [0.15, 0.2) is 5.58 Å². The Morgan fingerprint density at radius 2 is 1.81 bits per heavy atom. The molecule has 0 aliphatic heterocycles. The lowest BCUT2D eigenvalue weighted by molar-refractivity contribution is 0.470. The van der Waals surface area contributed by atoms with E-state index in [2.05, 4.69) is 55.2 Å². The van der Waals surface area contributed by atoms with Gasteiger partial charge in [-0.3, -0.25) is 4.99 Å². The van der Waals surface area contributed by atoms with Gasteiger partial charge in [-0.25, -0.2) is 4.98 Å². The lowest BCUT2D eigenvalue weighted by Crippen LogP contribution is -1.87. The first-order valence-corrected chi connectivity index (χ1v) is 10.3. The summed E-state index contributed by atoms with van der Waals surface area (Å²) in [5.41, 5.74) is 5.05. The van der Waals surface area contributed by atoms with E-state index in [0.717, 1.165) is 29.5 Å². The zero-order chi connectivity index (χ0) is 19.0. The van der Waals surface area contributed by atoms with Crippen molar-refractivity contribution in [2.45, 2.75) is 6.92 Å². The number of nitrogens with zero attached hydrogens (tertiary/aromatic N) is 2. The number of benzene rings is 3. The van der Waals surface area contributed by atoms with Gasteiger partial charge in [-0.05, 0) is 94.6 Å². The number of phenols is 1. The first-order chi connectivity index (χ1) is 13.0. The van der Waals surface area contributed by atoms with E-state index < -0.39 is 0 Å². The smallest absolute Gasteiger partial charge is 0.227 e. The lowest BCUT2D eigenvalue weighted by Gasteiger charge is -2.02. The van der Waals surface area contributed by atoms with Gasteiger partial charge in [-0.15, -0.1) is 0 Å². The predicted molar refractivity (Wildman–Crippen MR) is 125 cm³/mol. The highest BCUT2D eigenvalue weighted by Gasteiger charge is 2.09. The molecular weight excluding hydrogens is 566 g/mol. The fraction of sp³-hybridized carbons (Fsp3) is 0.0476. The minimum Gasteiger partial charge on any atom is -0.506 e. The summed E-state index contributed by atoms with van der Waals surface area (Å²) in [5, 5.41) is 10.2. The summed E-state index contributed by atoms with van der Waals surface area (Å²) in [6, 6.07) is 17.5. The van der Waals surface area contributed by atoms with Crippen molar-refractivity contribution < 1.29 is 9.52 Å². The minimum atomic E-state index is 0.240. The topological polar surface area (TPSA) is 58.6 Å². The zero-order valence-electron chi connectivity index (χ0n) is 14.3. The van der Waals surface area contributed by atoms with Gasteiger partial charge in [-0.1, -0.05) is 17.7 Å². The summed E-state index contributed by atoms with van der Waals surface area (Å²) in [7, 11) is 0. The maximum absolute atomic E-state index is 10.2. The number of aliphatic imine (C=N–C) groups is 1. The number of aryl methyl sites for hydroxylation is 1. The molecule has 0 aliphatic carbocycles. The largest absolute Gasteiger partial charge is 0.506 e. The van der Waals surface area contributed by atoms with E-state index >= 15 is 0 Å². The molecule has 1 N–H and O–H groups in total. The van der Waals surface area contributed by atoms with Crippen LogP contribution in [0.25, 0.3) is 22.6 Å². The fourth-order valence-electron chi connectivity index (χ4n) is 2.64. The average Bonchev–Trinajstić information content (AvgIpc) is 3.07. The van der Waals surface area contributed by atoms with E-state index in [1.807, 2.05) is 61.5 Å². The molecule has 6 heteroatoms. The maximum atomic E-state index is 10.2. The Morgan fingerprint density at radius 3 is 2.59 bits per heavy atom. The second-order valence-corrected chi connectivity index (χ2v) is 8.53. The fourth-order valence-corrected chi connectivity index (χ4v) is 4.53. The van der Waals surface area contributed by atoms with E-state index in [9.17, 15) is 5.11 Å². The first-order valence-electron chi connectivity index (χ1n) is 8.19. The third kappa shape index (κ3) is 4.01. The van der Waals surface area contributed by atoms with E-state index in [1.54, 1.807) is 6.21 Å². The van der Waals surface area contributed by atoms with E-state index in [0.29, 0.717) is 11.5 Å². The summed E-state index contributed by atoms with van der Waals surface area (Å²) in [4.78, 5) is 9.07. The molecule has 134 valence electrons. The Labute approximate surface area is 183 Å². The van der Waals surface area contributed by atoms with Crippen LogP contribution in [0.15, 0.2) is 64.0 Å². The third-order valence-corrected chi connectivity index (χ3v) is 5.53. The van der Waals surface area contributed by atoms with Crippen molar-refractivity contribution in [1.82, 2.24) is 4.98 Å². The van der Waals surface area contributed by atoms with Gasteiger partial charge in [0.2, 0.25) is 5.89 Å². The van der Waals surface area contributed by atoms with Crippen molar-refractivity contribution in [2.24, 2.45) is 4.99 Å². The molecule has 0 bridgehead atoms. The summed E-state index contributed by atoms with van der Waals surface area (Å²) in [5.74, 6) is 0.833. The molecule has 4 nitrogen and oxygen atoms in total. The summed E-state index contributed by atoms with van der Waals surface area (Å²) in [6.07, 6.45) is 1.67. The summed E-state index contributed by atoms with van der Waals surface area (Å²) < 4.78 is 7.71. The number of phenolic OH excluding ortho intramolecular Hbond substituents is 1. The van der Waals surface area contributed by atoms with E-state index in [1.165, 1.54) is 5.56 Å². The Bertz CT molecular complexity index is 1160. The molecule has 4 rings (SSSR count). The number of fused-ring (bicyclic) bond motifs is 1. The van der Waals surface area contributed by atoms with Crippen molar-refractivity contribution in [1.29, 1.82) is 0 Å². The van der Waals surface area contributed by atoms with Crippen molar-refractivity contribution in [3.8, 4) is 17.2 Å². The SMILES string of the molecule is Cc1ccc(-c2nc3cc(N=Cc4cc(I)cc(I)c4O)ccc3o2)cc1. The standard InChI is InChI=1S/C21H14I2N2O2/c1-12-2-4-13(5-3-12)21-25-18-10-16(6-7-19(18)27-21)24-11-14-8-15(22)9-17(23)20(14)26/h2-11,26H,1H3. The van der Waals surface area contributed by atoms with E-state index in [4.69, 9.17) is 4.42 Å². The van der Waals surface area contributed by atoms with Crippen LogP contribution in [0.2, 0.25) is 0 Å². The van der Waals surface area contributed by atoms with Gasteiger partial charge in [0.05, 0.1) is 9.26 Å². The Hall–Kier alpha value is -1.94. The molecule has 1 heterocycles. The molecule has 0 saturated heterocycles. The van der Waals surface area contributed by atoms with Crippen molar-refractivity contribution in [2.75, 3.05) is 0 Å². The highest BCUT2D eigenvalue weighted by molar-refractivity contribution is 14.1. The van der Waals surface area contributed by atoms with Crippen LogP contribution in [0.1, 0.15) is 11.1 Å². The molecule has 0 atom stereocenters. The van der Waals surface area contributed by atoms with Gasteiger partial charge in [0, 0.05) is 20.9 Å². The monoisotopic (exact) mass is 580 g/mol. The number of oxazole rings is 1. The van der Waals surface area contributed by atoms with Gasteiger partial charge in [0.25, 0.3) is 0 Å². The van der Waals surface area contributed by atoms with Gasteiger partial charge >= 0.3 is 0 Å². The van der Waals surface area contributed by atoms with Crippen molar-refractivity contribution in [3.05, 3.63) is 72.9 Å². The summed E-state index contributed by atoms with van der Waals surface area (Å²) >= 11 is 4.34. The molecule has 1 aromatic heterocycles. The molecule has 0 radical (unpaired) electrons. The third-order valence-electron chi connectivity index (χ3n) is 4.08. The number of aromatic hydroxyl groups is 1. The second-order valence-electron chi connectivity index (χ2n) is 6.12. The van der Waals surface area contributed by atoms with Crippen LogP contribution in [0, 0.1) is 14.1 Å². The van der Waals surface area contributed by atoms with Crippen LogP contribution < -0.4 is 0 Å². The van der Waals surface area contributed by atoms with Crippen LogP contribution >= 0.6 is 45.2 Å². The molecule has 3 aromatic carbocycles. The van der Waals surface area contributed by atoms with Gasteiger partial charge in [0.1, 0.15) is 11.3 Å². The molecule has 0 amide bonds. The zero-order valence-corrected chi connectivity index (χ0v) is 18.6. The quantitative estimate of drug-likeness (QED) is 0.224. The Kier molecular flexibility index (Phi) is 5.18. The summed E-state index contributed by atoms with van der Waals surface area (Å²) in [6.45, 7) is 2.05. The van der Waals surface area contributed by atoms with Crippen molar-refractivity contribution in [3.63, 3.8) is 0 Å². The molecule has 4 aromatic rings. The molecule has 27 heavy (non-hydrogen) atoms. The molecule has 0 spiro atoms. The predicted octanol–water partition coefficient (Wildman–Crippen LogP) is 6.47. The van der Waals surface area contributed by atoms with E-state index in [-0.39, 0.29) is 5.75 Å². The van der Waals surface area contributed by atoms with Gasteiger partial charge in [-0.2, -0.15) is 0 Å². The molecule has 0 unspecified atom stereocenters. The molecular formula is C21H14I2N2O2. The van der Waals surface area contributed by atoms with Crippen LogP contribution in [-0.4, -0.2) is 16.3 Å². The van der Waals surface area contributed by atoms with Crippen LogP contribution in [0.4, 0.5) is 5.69 Å². The normalized spacial score (nSPS) is 11.5.